The summed E-state index contributed by atoms with van der Waals surface area (Å²) < 4.78 is 15.3. The molecule has 0 saturated carbocycles. The zero-order chi connectivity index (χ0) is 16.8. The van der Waals surface area contributed by atoms with Gasteiger partial charge in [0, 0.05) is 24.5 Å². The van der Waals surface area contributed by atoms with Crippen molar-refractivity contribution in [3.05, 3.63) is 47.3 Å². The first-order valence-electron chi connectivity index (χ1n) is 6.77. The molecule has 0 spiro atoms. The van der Waals surface area contributed by atoms with Crippen LogP contribution in [0.25, 0.3) is 11.0 Å². The summed E-state index contributed by atoms with van der Waals surface area (Å²) in [5.41, 5.74) is -0.246. The molecule has 1 amide bonds. The van der Waals surface area contributed by atoms with Crippen LogP contribution in [0.2, 0.25) is 0 Å². The highest BCUT2D eigenvalue weighted by molar-refractivity contribution is 5.91. The molecule has 0 atom stereocenters. The lowest BCUT2D eigenvalue weighted by Gasteiger charge is -2.07. The van der Waals surface area contributed by atoms with Gasteiger partial charge < -0.3 is 19.2 Å². The van der Waals surface area contributed by atoms with Gasteiger partial charge in [-0.2, -0.15) is 0 Å². The second kappa shape index (κ2) is 7.26. The highest BCUT2D eigenvalue weighted by atomic mass is 16.6. The average Bonchev–Trinajstić information content (AvgIpc) is 2.51. The Bertz CT molecular complexity index is 808. The molecule has 23 heavy (non-hydrogen) atoms. The van der Waals surface area contributed by atoms with Crippen LogP contribution < -0.4 is 15.7 Å². The van der Waals surface area contributed by atoms with Crippen molar-refractivity contribution in [3.63, 3.8) is 0 Å². The maximum Gasteiger partial charge on any atom is 0.360 e. The van der Waals surface area contributed by atoms with Crippen molar-refractivity contribution >= 4 is 28.5 Å². The number of anilines is 1. The molecule has 7 nitrogen and oxygen atoms in total. The molecule has 0 fully saturated rings. The molecular weight excluding hydrogens is 302 g/mol. The first-order chi connectivity index (χ1) is 11.0. The number of esters is 1. The number of carbonyl (C=O) groups excluding carboxylic acids is 2. The average molecular weight is 317 g/mol. The monoisotopic (exact) mass is 317 g/mol. The topological polar surface area (TPSA) is 94.8 Å². The molecule has 0 radical (unpaired) electrons. The number of hydrogen-bond donors (Lipinski definition) is 1. The van der Waals surface area contributed by atoms with Gasteiger partial charge in [0.15, 0.2) is 0 Å². The highest BCUT2D eigenvalue weighted by Gasteiger charge is 2.08. The SMILES string of the molecule is C=CC(=O)OCCOc1ccc2cc(NC(C)=O)c(=O)oc2c1. The maximum atomic E-state index is 11.8. The van der Waals surface area contributed by atoms with Crippen LogP contribution in [0.15, 0.2) is 46.1 Å². The summed E-state index contributed by atoms with van der Waals surface area (Å²) in [4.78, 5) is 33.6. The summed E-state index contributed by atoms with van der Waals surface area (Å²) in [6.45, 7) is 4.82. The molecule has 1 heterocycles. The van der Waals surface area contributed by atoms with Crippen molar-refractivity contribution in [1.29, 1.82) is 0 Å². The fourth-order valence-corrected chi connectivity index (χ4v) is 1.82. The van der Waals surface area contributed by atoms with Crippen LogP contribution in [0.1, 0.15) is 6.92 Å². The summed E-state index contributed by atoms with van der Waals surface area (Å²) in [7, 11) is 0. The molecule has 1 aromatic carbocycles. The normalized spacial score (nSPS) is 10.1. The van der Waals surface area contributed by atoms with Crippen molar-refractivity contribution in [3.8, 4) is 5.75 Å². The molecule has 1 aromatic heterocycles. The van der Waals surface area contributed by atoms with Crippen LogP contribution in [0.4, 0.5) is 5.69 Å². The van der Waals surface area contributed by atoms with E-state index in [2.05, 4.69) is 11.9 Å². The summed E-state index contributed by atoms with van der Waals surface area (Å²) in [5, 5.41) is 3.04. The van der Waals surface area contributed by atoms with E-state index in [0.29, 0.717) is 16.7 Å². The van der Waals surface area contributed by atoms with Crippen molar-refractivity contribution in [2.75, 3.05) is 18.5 Å². The standard InChI is InChI=1S/C16H15NO6/c1-3-15(19)22-7-6-21-12-5-4-11-8-13(17-10(2)18)16(20)23-14(11)9-12/h3-5,8-9H,1,6-7H2,2H3,(H,17,18). The van der Waals surface area contributed by atoms with E-state index in [1.807, 2.05) is 0 Å². The van der Waals surface area contributed by atoms with Gasteiger partial charge in [-0.05, 0) is 18.2 Å². The lowest BCUT2D eigenvalue weighted by atomic mass is 10.2. The molecule has 2 rings (SSSR count). The van der Waals surface area contributed by atoms with Crippen LogP contribution in [0, 0.1) is 0 Å². The molecule has 0 saturated heterocycles. The number of hydrogen-bond acceptors (Lipinski definition) is 6. The fraction of sp³-hybridized carbons (Fsp3) is 0.188. The first kappa shape index (κ1) is 16.3. The Balaban J connectivity index is 2.10. The van der Waals surface area contributed by atoms with E-state index in [-0.39, 0.29) is 24.8 Å². The van der Waals surface area contributed by atoms with E-state index < -0.39 is 11.6 Å². The molecule has 2 aromatic rings. The number of rotatable bonds is 6. The van der Waals surface area contributed by atoms with Gasteiger partial charge in [0.2, 0.25) is 5.91 Å². The molecule has 0 aliphatic heterocycles. The maximum absolute atomic E-state index is 11.8. The molecule has 0 aliphatic carbocycles. The zero-order valence-corrected chi connectivity index (χ0v) is 12.5. The minimum atomic E-state index is -0.648. The van der Waals surface area contributed by atoms with Gasteiger partial charge in [0.05, 0.1) is 0 Å². The molecule has 1 N–H and O–H groups in total. The van der Waals surface area contributed by atoms with Crippen LogP contribution in [0.5, 0.6) is 5.75 Å². The summed E-state index contributed by atoms with van der Waals surface area (Å²) in [6.07, 6.45) is 1.07. The molecule has 120 valence electrons. The number of ether oxygens (including phenoxy) is 2. The molecule has 0 aliphatic rings. The Morgan fingerprint density at radius 3 is 2.78 bits per heavy atom. The quantitative estimate of drug-likeness (QED) is 0.378. The van der Waals surface area contributed by atoms with Gasteiger partial charge >= 0.3 is 11.6 Å². The Labute approximate surface area is 131 Å². The smallest absolute Gasteiger partial charge is 0.360 e. The third-order valence-electron chi connectivity index (χ3n) is 2.78. The van der Waals surface area contributed by atoms with E-state index in [9.17, 15) is 14.4 Å². The van der Waals surface area contributed by atoms with Crippen LogP contribution in [0.3, 0.4) is 0 Å². The largest absolute Gasteiger partial charge is 0.490 e. The summed E-state index contributed by atoms with van der Waals surface area (Å²) in [5.74, 6) is -0.420. The minimum absolute atomic E-state index is 0.0777. The Morgan fingerprint density at radius 1 is 1.30 bits per heavy atom. The number of carbonyl (C=O) groups is 2. The number of benzene rings is 1. The Hall–Kier alpha value is -3.09. The van der Waals surface area contributed by atoms with E-state index in [0.717, 1.165) is 6.08 Å². The zero-order valence-electron chi connectivity index (χ0n) is 12.5. The lowest BCUT2D eigenvalue weighted by molar-refractivity contribution is -0.138. The van der Waals surface area contributed by atoms with Crippen molar-refractivity contribution in [1.82, 2.24) is 0 Å². The van der Waals surface area contributed by atoms with E-state index in [1.54, 1.807) is 18.2 Å². The lowest BCUT2D eigenvalue weighted by Crippen LogP contribution is -2.14. The predicted octanol–water partition coefficient (Wildman–Crippen LogP) is 1.86. The molecule has 7 heteroatoms. The minimum Gasteiger partial charge on any atom is -0.490 e. The van der Waals surface area contributed by atoms with Crippen molar-refractivity contribution < 1.29 is 23.5 Å². The van der Waals surface area contributed by atoms with Crippen LogP contribution in [-0.2, 0) is 14.3 Å². The third-order valence-corrected chi connectivity index (χ3v) is 2.78. The Morgan fingerprint density at radius 2 is 2.09 bits per heavy atom. The van der Waals surface area contributed by atoms with Gasteiger partial charge in [-0.15, -0.1) is 0 Å². The van der Waals surface area contributed by atoms with Gasteiger partial charge in [-0.3, -0.25) is 4.79 Å². The number of amides is 1. The van der Waals surface area contributed by atoms with E-state index in [1.165, 1.54) is 13.0 Å². The second-order valence-corrected chi connectivity index (χ2v) is 4.55. The van der Waals surface area contributed by atoms with Gasteiger partial charge in [0.1, 0.15) is 30.2 Å². The second-order valence-electron chi connectivity index (χ2n) is 4.55. The van der Waals surface area contributed by atoms with Crippen LogP contribution >= 0.6 is 0 Å². The molecular formula is C16H15NO6. The van der Waals surface area contributed by atoms with Gasteiger partial charge in [-0.1, -0.05) is 6.58 Å². The fourth-order valence-electron chi connectivity index (χ4n) is 1.82. The van der Waals surface area contributed by atoms with Gasteiger partial charge in [-0.25, -0.2) is 9.59 Å². The van der Waals surface area contributed by atoms with Gasteiger partial charge in [0.25, 0.3) is 0 Å². The van der Waals surface area contributed by atoms with Crippen molar-refractivity contribution in [2.45, 2.75) is 6.92 Å². The highest BCUT2D eigenvalue weighted by Crippen LogP contribution is 2.21. The number of nitrogens with one attached hydrogen (secondary N) is 1. The van der Waals surface area contributed by atoms with E-state index in [4.69, 9.17) is 13.9 Å². The van der Waals surface area contributed by atoms with Crippen molar-refractivity contribution in [2.24, 2.45) is 0 Å². The predicted molar refractivity (Wildman–Crippen MR) is 83.4 cm³/mol. The molecule has 0 bridgehead atoms. The first-order valence-corrected chi connectivity index (χ1v) is 6.77. The number of fused-ring (bicyclic) bond motifs is 1. The summed E-state index contributed by atoms with van der Waals surface area (Å²) >= 11 is 0. The van der Waals surface area contributed by atoms with E-state index >= 15 is 0 Å². The summed E-state index contributed by atoms with van der Waals surface area (Å²) in [6, 6.07) is 6.44. The molecule has 0 unspecified atom stereocenters. The Kier molecular flexibility index (Phi) is 5.14. The third kappa shape index (κ3) is 4.44. The van der Waals surface area contributed by atoms with Crippen LogP contribution in [-0.4, -0.2) is 25.1 Å².